The standard InChI is InChI=1S/C10H8N2O2/c1-7(13)14-9-2-3-10-8(4-9)5-11-6-12-10/h2-6H,1H3/p+1. The fourth-order valence-corrected chi connectivity index (χ4v) is 1.19. The molecular weight excluding hydrogens is 180 g/mol. The first-order valence-electron chi connectivity index (χ1n) is 4.14. The molecule has 0 aliphatic heterocycles. The summed E-state index contributed by atoms with van der Waals surface area (Å²) < 4.78 is 4.93. The molecule has 0 spiro atoms. The lowest BCUT2D eigenvalue weighted by molar-refractivity contribution is -0.131. The lowest BCUT2D eigenvalue weighted by Gasteiger charge is -2.01. The maximum atomic E-state index is 10.7. The monoisotopic (exact) mass is 189 g/mol. The second-order valence-electron chi connectivity index (χ2n) is 2.84. The first kappa shape index (κ1) is 8.62. The Bertz CT molecular complexity index is 488. The van der Waals surface area contributed by atoms with Gasteiger partial charge in [0.25, 0.3) is 0 Å². The van der Waals surface area contributed by atoms with E-state index in [1.165, 1.54) is 13.3 Å². The summed E-state index contributed by atoms with van der Waals surface area (Å²) in [6, 6.07) is 5.22. The van der Waals surface area contributed by atoms with Gasteiger partial charge in [-0.25, -0.2) is 9.97 Å². The van der Waals surface area contributed by atoms with E-state index < -0.39 is 0 Å². The van der Waals surface area contributed by atoms with Crippen molar-refractivity contribution in [3.8, 4) is 5.75 Å². The molecule has 14 heavy (non-hydrogen) atoms. The van der Waals surface area contributed by atoms with E-state index in [2.05, 4.69) is 9.97 Å². The van der Waals surface area contributed by atoms with Crippen LogP contribution < -0.4 is 4.74 Å². The number of rotatable bonds is 1. The Morgan fingerprint density at radius 3 is 3.14 bits per heavy atom. The second kappa shape index (κ2) is 3.41. The van der Waals surface area contributed by atoms with Gasteiger partial charge < -0.3 is 4.74 Å². The van der Waals surface area contributed by atoms with Crippen molar-refractivity contribution >= 4 is 16.9 Å². The highest BCUT2D eigenvalue weighted by Crippen LogP contribution is 2.17. The number of nitrogens with zero attached hydrogens (tertiary/aromatic N) is 2. The molecule has 0 bridgehead atoms. The van der Waals surface area contributed by atoms with Gasteiger partial charge in [0.2, 0.25) is 0 Å². The van der Waals surface area contributed by atoms with Crippen molar-refractivity contribution in [2.24, 2.45) is 0 Å². The number of ether oxygens (including phenoxy) is 1. The Balaban J connectivity index is 0.00000112. The summed E-state index contributed by atoms with van der Waals surface area (Å²) in [6.45, 7) is 1.37. The van der Waals surface area contributed by atoms with Gasteiger partial charge in [-0.1, -0.05) is 0 Å². The number of carbonyl (C=O) groups excluding carboxylic acids is 1. The van der Waals surface area contributed by atoms with Crippen LogP contribution in [-0.4, -0.2) is 15.9 Å². The van der Waals surface area contributed by atoms with Gasteiger partial charge in [0.15, 0.2) is 0 Å². The number of carbonyl (C=O) groups is 1. The molecule has 0 saturated carbocycles. The first-order valence-corrected chi connectivity index (χ1v) is 4.14. The van der Waals surface area contributed by atoms with Crippen molar-refractivity contribution in [3.63, 3.8) is 0 Å². The molecule has 2 aromatic rings. The average molecular weight is 189 g/mol. The molecule has 2 rings (SSSR count). The van der Waals surface area contributed by atoms with Gasteiger partial charge >= 0.3 is 7.40 Å². The molecule has 4 heteroatoms. The van der Waals surface area contributed by atoms with Crippen LogP contribution in [0, 0.1) is 0 Å². The quantitative estimate of drug-likeness (QED) is 0.505. The highest BCUT2D eigenvalue weighted by atomic mass is 16.5. The maximum Gasteiger partial charge on any atom is 1.00 e. The molecule has 0 N–H and O–H groups in total. The molecule has 4 nitrogen and oxygen atoms in total. The molecule has 0 fully saturated rings. The number of esters is 1. The SMILES string of the molecule is CC(=O)Oc1ccc2ncncc2c1.[H+]. The van der Waals surface area contributed by atoms with Crippen molar-refractivity contribution in [2.75, 3.05) is 0 Å². The molecule has 1 aromatic carbocycles. The van der Waals surface area contributed by atoms with Crippen LogP contribution in [0.25, 0.3) is 10.9 Å². The summed E-state index contributed by atoms with van der Waals surface area (Å²) in [4.78, 5) is 18.6. The zero-order valence-electron chi connectivity index (χ0n) is 8.60. The minimum Gasteiger partial charge on any atom is -0.427 e. The normalized spacial score (nSPS) is 10.1. The molecule has 0 amide bonds. The van der Waals surface area contributed by atoms with Crippen LogP contribution in [-0.2, 0) is 4.79 Å². The molecule has 0 unspecified atom stereocenters. The third kappa shape index (κ3) is 1.69. The van der Waals surface area contributed by atoms with Crippen LogP contribution in [0.2, 0.25) is 0 Å². The summed E-state index contributed by atoms with van der Waals surface area (Å²) in [6.07, 6.45) is 3.16. The van der Waals surface area contributed by atoms with Crippen molar-refractivity contribution in [1.82, 2.24) is 9.97 Å². The van der Waals surface area contributed by atoms with Gasteiger partial charge in [-0.3, -0.25) is 4.79 Å². The van der Waals surface area contributed by atoms with Gasteiger partial charge in [-0.15, -0.1) is 0 Å². The van der Waals surface area contributed by atoms with Crippen molar-refractivity contribution in [3.05, 3.63) is 30.7 Å². The van der Waals surface area contributed by atoms with E-state index in [4.69, 9.17) is 4.74 Å². The summed E-state index contributed by atoms with van der Waals surface area (Å²) in [5.41, 5.74) is 0.830. The van der Waals surface area contributed by atoms with Crippen LogP contribution in [0.5, 0.6) is 5.75 Å². The molecule has 0 radical (unpaired) electrons. The number of hydrogen-bond acceptors (Lipinski definition) is 4. The highest BCUT2D eigenvalue weighted by molar-refractivity contribution is 5.80. The lowest BCUT2D eigenvalue weighted by atomic mass is 10.2. The van der Waals surface area contributed by atoms with E-state index in [0.717, 1.165) is 10.9 Å². The molecule has 70 valence electrons. The van der Waals surface area contributed by atoms with Crippen LogP contribution >= 0.6 is 0 Å². The number of hydrogen-bond donors (Lipinski definition) is 0. The predicted octanol–water partition coefficient (Wildman–Crippen LogP) is 1.67. The van der Waals surface area contributed by atoms with E-state index in [9.17, 15) is 4.79 Å². The van der Waals surface area contributed by atoms with Gasteiger partial charge in [0, 0.05) is 18.5 Å². The van der Waals surface area contributed by atoms with E-state index in [-0.39, 0.29) is 7.40 Å². The van der Waals surface area contributed by atoms with Gasteiger partial charge in [0.05, 0.1) is 5.52 Å². The largest absolute Gasteiger partial charge is 1.00 e. The third-order valence-electron chi connectivity index (χ3n) is 1.74. The van der Waals surface area contributed by atoms with Crippen molar-refractivity contribution < 1.29 is 11.0 Å². The van der Waals surface area contributed by atoms with E-state index in [0.29, 0.717) is 5.75 Å². The molecule has 0 aliphatic rings. The summed E-state index contributed by atoms with van der Waals surface area (Å²) in [7, 11) is 0. The molecular formula is C10H9N2O2+. The smallest absolute Gasteiger partial charge is 0.427 e. The van der Waals surface area contributed by atoms with Crippen LogP contribution in [0.3, 0.4) is 0 Å². The minimum absolute atomic E-state index is 0. The Labute approximate surface area is 82.0 Å². The first-order chi connectivity index (χ1) is 6.75. The molecule has 0 saturated heterocycles. The zero-order chi connectivity index (χ0) is 9.97. The minimum atomic E-state index is -0.332. The highest BCUT2D eigenvalue weighted by Gasteiger charge is 2.00. The Morgan fingerprint density at radius 2 is 2.36 bits per heavy atom. The molecule has 1 aromatic heterocycles. The molecule has 0 atom stereocenters. The van der Waals surface area contributed by atoms with Crippen LogP contribution in [0.15, 0.2) is 30.7 Å². The van der Waals surface area contributed by atoms with Crippen molar-refractivity contribution in [2.45, 2.75) is 6.92 Å². The second-order valence-corrected chi connectivity index (χ2v) is 2.84. The Morgan fingerprint density at radius 1 is 1.50 bits per heavy atom. The summed E-state index contributed by atoms with van der Waals surface area (Å²) >= 11 is 0. The van der Waals surface area contributed by atoms with Gasteiger partial charge in [-0.2, -0.15) is 0 Å². The average Bonchev–Trinajstić information content (AvgIpc) is 2.17. The van der Waals surface area contributed by atoms with Gasteiger partial charge in [0.1, 0.15) is 12.1 Å². The fourth-order valence-electron chi connectivity index (χ4n) is 1.19. The van der Waals surface area contributed by atoms with E-state index >= 15 is 0 Å². The topological polar surface area (TPSA) is 52.1 Å². The lowest BCUT2D eigenvalue weighted by Crippen LogP contribution is -2.01. The number of fused-ring (bicyclic) bond motifs is 1. The molecule has 0 aliphatic carbocycles. The van der Waals surface area contributed by atoms with Gasteiger partial charge in [-0.05, 0) is 18.2 Å². The predicted molar refractivity (Wildman–Crippen MR) is 52.0 cm³/mol. The van der Waals surface area contributed by atoms with E-state index in [1.807, 2.05) is 0 Å². The summed E-state index contributed by atoms with van der Waals surface area (Å²) in [5.74, 6) is 0.181. The zero-order valence-corrected chi connectivity index (χ0v) is 7.60. The maximum absolute atomic E-state index is 10.7. The van der Waals surface area contributed by atoms with E-state index in [1.54, 1.807) is 24.4 Å². The Hall–Kier alpha value is -1.97. The fraction of sp³-hybridized carbons (Fsp3) is 0.100. The molecule has 1 heterocycles. The van der Waals surface area contributed by atoms with Crippen molar-refractivity contribution in [1.29, 1.82) is 0 Å². The number of aromatic nitrogens is 2. The van der Waals surface area contributed by atoms with Crippen LogP contribution in [0.1, 0.15) is 8.35 Å². The third-order valence-corrected chi connectivity index (χ3v) is 1.74. The Kier molecular flexibility index (Phi) is 2.10. The number of benzene rings is 1. The summed E-state index contributed by atoms with van der Waals surface area (Å²) in [5, 5.41) is 0.853. The van der Waals surface area contributed by atoms with Crippen LogP contribution in [0.4, 0.5) is 0 Å².